The van der Waals surface area contributed by atoms with Crippen LogP contribution in [-0.4, -0.2) is 55.7 Å². The topological polar surface area (TPSA) is 67.6 Å². The lowest BCUT2D eigenvalue weighted by molar-refractivity contribution is -0.129. The van der Waals surface area contributed by atoms with Crippen LogP contribution in [-0.2, 0) is 9.53 Å². The fourth-order valence-corrected chi connectivity index (χ4v) is 2.02. The van der Waals surface area contributed by atoms with Gasteiger partial charge in [-0.2, -0.15) is 0 Å². The van der Waals surface area contributed by atoms with E-state index in [0.717, 1.165) is 13.0 Å². The molecule has 0 aromatic heterocycles. The second-order valence-corrected chi connectivity index (χ2v) is 5.26. The van der Waals surface area contributed by atoms with Gasteiger partial charge in [0, 0.05) is 32.3 Å². The summed E-state index contributed by atoms with van der Waals surface area (Å²) in [6, 6.07) is 0.539. The van der Waals surface area contributed by atoms with Crippen LogP contribution in [0.2, 0.25) is 0 Å². The summed E-state index contributed by atoms with van der Waals surface area (Å²) in [5.41, 5.74) is 5.37. The quantitative estimate of drug-likeness (QED) is 0.768. The van der Waals surface area contributed by atoms with Crippen molar-refractivity contribution in [2.24, 2.45) is 5.73 Å². The molecule has 1 aliphatic rings. The average Bonchev–Trinajstić information content (AvgIpc) is 2.38. The van der Waals surface area contributed by atoms with Crippen LogP contribution >= 0.6 is 24.8 Å². The Hall–Kier alpha value is -0.0700. The number of carbonyl (C=O) groups is 1. The van der Waals surface area contributed by atoms with E-state index in [1.54, 1.807) is 0 Å². The van der Waals surface area contributed by atoms with Crippen molar-refractivity contribution in [2.45, 2.75) is 44.7 Å². The molecule has 0 saturated carbocycles. The first kappa shape index (κ1) is 22.2. The highest BCUT2D eigenvalue weighted by atomic mass is 35.5. The molecular weight excluding hydrogens is 301 g/mol. The van der Waals surface area contributed by atoms with E-state index in [0.29, 0.717) is 38.6 Å². The molecule has 1 saturated heterocycles. The van der Waals surface area contributed by atoms with Gasteiger partial charge in [-0.15, -0.1) is 24.8 Å². The maximum atomic E-state index is 12.0. The third kappa shape index (κ3) is 6.59. The van der Waals surface area contributed by atoms with Gasteiger partial charge in [0.15, 0.2) is 0 Å². The van der Waals surface area contributed by atoms with Gasteiger partial charge in [0.2, 0.25) is 5.91 Å². The number of carbonyl (C=O) groups excluding carboxylic acids is 1. The maximum Gasteiger partial charge on any atom is 0.240 e. The summed E-state index contributed by atoms with van der Waals surface area (Å²) in [7, 11) is 2.08. The van der Waals surface area contributed by atoms with Gasteiger partial charge in [0.05, 0.1) is 5.54 Å². The van der Waals surface area contributed by atoms with Crippen molar-refractivity contribution in [1.29, 1.82) is 0 Å². The molecule has 1 amide bonds. The number of amides is 1. The van der Waals surface area contributed by atoms with Gasteiger partial charge in [-0.1, -0.05) is 6.92 Å². The van der Waals surface area contributed by atoms with Gasteiger partial charge in [-0.05, 0) is 33.2 Å². The largest absolute Gasteiger partial charge is 0.381 e. The molecule has 5 nitrogen and oxygen atoms in total. The number of rotatable bonds is 6. The minimum Gasteiger partial charge on any atom is -0.381 e. The summed E-state index contributed by atoms with van der Waals surface area (Å²) in [5, 5.41) is 2.94. The van der Waals surface area contributed by atoms with E-state index in [9.17, 15) is 4.79 Å². The summed E-state index contributed by atoms with van der Waals surface area (Å²) in [4.78, 5) is 14.3. The zero-order chi connectivity index (χ0) is 13.6. The number of nitrogens with one attached hydrogen (secondary N) is 1. The van der Waals surface area contributed by atoms with Gasteiger partial charge in [0.25, 0.3) is 0 Å². The molecule has 0 aliphatic carbocycles. The van der Waals surface area contributed by atoms with Crippen LogP contribution in [0.25, 0.3) is 0 Å². The lowest BCUT2D eigenvalue weighted by Crippen LogP contribution is -2.57. The molecule has 0 aromatic rings. The van der Waals surface area contributed by atoms with Crippen molar-refractivity contribution >= 4 is 30.7 Å². The lowest BCUT2D eigenvalue weighted by Gasteiger charge is -2.32. The van der Waals surface area contributed by atoms with Crippen LogP contribution in [0.15, 0.2) is 0 Å². The minimum atomic E-state index is -0.729. The van der Waals surface area contributed by atoms with Crippen molar-refractivity contribution in [2.75, 3.05) is 33.4 Å². The Bertz CT molecular complexity index is 274. The van der Waals surface area contributed by atoms with E-state index in [4.69, 9.17) is 10.5 Å². The van der Waals surface area contributed by atoms with Gasteiger partial charge in [-0.25, -0.2) is 0 Å². The summed E-state index contributed by atoms with van der Waals surface area (Å²) >= 11 is 0. The Morgan fingerprint density at radius 2 is 1.95 bits per heavy atom. The standard InChI is InChI=1S/C13H27N3O2.2ClH/c1-4-11(2)16(3)8-7-15-12(17)13(14)5-9-18-10-6-13;;/h11H,4-10,14H2,1-3H3,(H,15,17);2*1H. The van der Waals surface area contributed by atoms with Crippen LogP contribution in [0.4, 0.5) is 0 Å². The SMILES string of the molecule is CCC(C)N(C)CCNC(=O)C1(N)CCOCC1.Cl.Cl. The fraction of sp³-hybridized carbons (Fsp3) is 0.923. The number of nitrogens with zero attached hydrogens (tertiary/aromatic N) is 1. The third-order valence-electron chi connectivity index (χ3n) is 3.93. The molecule has 20 heavy (non-hydrogen) atoms. The Morgan fingerprint density at radius 3 is 2.45 bits per heavy atom. The van der Waals surface area contributed by atoms with Crippen LogP contribution in [0.5, 0.6) is 0 Å². The minimum absolute atomic E-state index is 0. The molecule has 122 valence electrons. The number of hydrogen-bond acceptors (Lipinski definition) is 4. The average molecular weight is 330 g/mol. The van der Waals surface area contributed by atoms with Gasteiger partial charge in [0.1, 0.15) is 0 Å². The Balaban J connectivity index is 0. The van der Waals surface area contributed by atoms with Crippen molar-refractivity contribution in [3.8, 4) is 0 Å². The third-order valence-corrected chi connectivity index (χ3v) is 3.93. The fourth-order valence-electron chi connectivity index (χ4n) is 2.02. The molecule has 1 fully saturated rings. The highest BCUT2D eigenvalue weighted by Gasteiger charge is 2.35. The molecule has 0 radical (unpaired) electrons. The second-order valence-electron chi connectivity index (χ2n) is 5.26. The summed E-state index contributed by atoms with van der Waals surface area (Å²) < 4.78 is 5.24. The molecular formula is C13H29Cl2N3O2. The molecule has 3 N–H and O–H groups in total. The predicted octanol–water partition coefficient (Wildman–Crippen LogP) is 1.18. The number of nitrogens with two attached hydrogens (primary N) is 1. The second kappa shape index (κ2) is 10.6. The van der Waals surface area contributed by atoms with Gasteiger partial charge in [-0.3, -0.25) is 4.79 Å². The maximum absolute atomic E-state index is 12.0. The first-order chi connectivity index (χ1) is 8.49. The first-order valence-corrected chi connectivity index (χ1v) is 6.85. The van der Waals surface area contributed by atoms with Crippen LogP contribution in [0, 0.1) is 0 Å². The first-order valence-electron chi connectivity index (χ1n) is 6.85. The molecule has 0 aromatic carbocycles. The predicted molar refractivity (Wildman–Crippen MR) is 86.9 cm³/mol. The Labute approximate surface area is 134 Å². The monoisotopic (exact) mass is 329 g/mol. The Kier molecular flexibility index (Phi) is 11.8. The zero-order valence-corrected chi connectivity index (χ0v) is 14.3. The van der Waals surface area contributed by atoms with Crippen molar-refractivity contribution in [3.63, 3.8) is 0 Å². The van der Waals surface area contributed by atoms with Gasteiger partial charge >= 0.3 is 0 Å². The number of halogens is 2. The molecule has 1 heterocycles. The lowest BCUT2D eigenvalue weighted by atomic mass is 9.90. The molecule has 0 bridgehead atoms. The molecule has 1 rings (SSSR count). The number of ether oxygens (including phenoxy) is 1. The highest BCUT2D eigenvalue weighted by molar-refractivity contribution is 5.86. The zero-order valence-electron chi connectivity index (χ0n) is 12.7. The van der Waals surface area contributed by atoms with E-state index in [1.807, 2.05) is 0 Å². The van der Waals surface area contributed by atoms with Gasteiger partial charge < -0.3 is 20.7 Å². The van der Waals surface area contributed by atoms with Crippen LogP contribution < -0.4 is 11.1 Å². The molecule has 1 aliphatic heterocycles. The molecule has 7 heteroatoms. The highest BCUT2D eigenvalue weighted by Crippen LogP contribution is 2.17. The summed E-state index contributed by atoms with van der Waals surface area (Å²) in [5.74, 6) is -0.0386. The van der Waals surface area contributed by atoms with Crippen molar-refractivity contribution < 1.29 is 9.53 Å². The number of likely N-dealkylation sites (N-methyl/N-ethyl adjacent to an activating group) is 1. The molecule has 1 atom stereocenters. The molecule has 1 unspecified atom stereocenters. The van der Waals surface area contributed by atoms with Crippen LogP contribution in [0.3, 0.4) is 0 Å². The normalized spacial score (nSPS) is 18.6. The summed E-state index contributed by atoms with van der Waals surface area (Å²) in [6.07, 6.45) is 2.34. The number of hydrogen-bond donors (Lipinski definition) is 2. The Morgan fingerprint density at radius 1 is 1.40 bits per heavy atom. The van der Waals surface area contributed by atoms with E-state index in [2.05, 4.69) is 31.1 Å². The van der Waals surface area contributed by atoms with E-state index < -0.39 is 5.54 Å². The van der Waals surface area contributed by atoms with Crippen LogP contribution in [0.1, 0.15) is 33.1 Å². The van der Waals surface area contributed by atoms with E-state index in [-0.39, 0.29) is 30.7 Å². The van der Waals surface area contributed by atoms with Crippen molar-refractivity contribution in [1.82, 2.24) is 10.2 Å². The van der Waals surface area contributed by atoms with Crippen molar-refractivity contribution in [3.05, 3.63) is 0 Å². The smallest absolute Gasteiger partial charge is 0.240 e. The summed E-state index contributed by atoms with van der Waals surface area (Å²) in [6.45, 7) is 7.02. The molecule has 0 spiro atoms. The van der Waals surface area contributed by atoms with E-state index in [1.165, 1.54) is 0 Å². The van der Waals surface area contributed by atoms with E-state index >= 15 is 0 Å².